The van der Waals surface area contributed by atoms with Crippen molar-refractivity contribution >= 4 is 0 Å². The molecule has 0 atom stereocenters. The molecule has 2 N–H and O–H groups in total. The minimum Gasteiger partial charge on any atom is -0.322 e. The smallest absolute Gasteiger partial charge is 0.130 e. The number of nitrogens with two attached hydrogens (primary N) is 1. The molecule has 0 aliphatic heterocycles. The Balaban J connectivity index is 3.30. The lowest BCUT2D eigenvalue weighted by atomic mass is 9.87. The Morgan fingerprint density at radius 1 is 1.13 bits per heavy atom. The number of halogens is 1. The molecule has 2 heteroatoms. The SMILES string of the molecule is Cc1ccc(C(C)(C)F)cc1C(C)(C)N. The number of alkyl halides is 1. The number of benzene rings is 1. The molecule has 0 bridgehead atoms. The fraction of sp³-hybridized carbons (Fsp3) is 0.538. The number of rotatable bonds is 2. The molecule has 0 fully saturated rings. The van der Waals surface area contributed by atoms with E-state index in [0.29, 0.717) is 5.56 Å². The monoisotopic (exact) mass is 209 g/mol. The highest BCUT2D eigenvalue weighted by atomic mass is 19.1. The molecule has 1 rings (SSSR count). The number of hydrogen-bond donors (Lipinski definition) is 1. The third kappa shape index (κ3) is 2.78. The van der Waals surface area contributed by atoms with Crippen molar-refractivity contribution < 1.29 is 4.39 Å². The fourth-order valence-corrected chi connectivity index (χ4v) is 1.69. The average molecular weight is 209 g/mol. The largest absolute Gasteiger partial charge is 0.322 e. The van der Waals surface area contributed by atoms with Crippen molar-refractivity contribution in [3.05, 3.63) is 34.9 Å². The molecule has 1 aromatic rings. The van der Waals surface area contributed by atoms with Gasteiger partial charge >= 0.3 is 0 Å². The highest BCUT2D eigenvalue weighted by Gasteiger charge is 2.23. The maximum atomic E-state index is 13.8. The molecule has 1 aromatic carbocycles. The van der Waals surface area contributed by atoms with Crippen LogP contribution in [0.3, 0.4) is 0 Å². The molecule has 0 saturated carbocycles. The summed E-state index contributed by atoms with van der Waals surface area (Å²) in [7, 11) is 0. The second-order valence-electron chi connectivity index (χ2n) is 5.22. The molecule has 0 aliphatic carbocycles. The Bertz CT molecular complexity index is 356. The zero-order chi connectivity index (χ0) is 11.9. The summed E-state index contributed by atoms with van der Waals surface area (Å²) in [5.41, 5.74) is 7.10. The van der Waals surface area contributed by atoms with E-state index in [0.717, 1.165) is 11.1 Å². The van der Waals surface area contributed by atoms with Gasteiger partial charge in [0.15, 0.2) is 0 Å². The second kappa shape index (κ2) is 3.60. The highest BCUT2D eigenvalue weighted by molar-refractivity contribution is 5.37. The topological polar surface area (TPSA) is 26.0 Å². The molecule has 0 amide bonds. The molecular weight excluding hydrogens is 189 g/mol. The minimum absolute atomic E-state index is 0.425. The summed E-state index contributed by atoms with van der Waals surface area (Å²) in [4.78, 5) is 0. The fourth-order valence-electron chi connectivity index (χ4n) is 1.69. The Morgan fingerprint density at radius 2 is 1.67 bits per heavy atom. The molecule has 0 aromatic heterocycles. The molecule has 0 saturated heterocycles. The standard InChI is InChI=1S/C13H20FN/c1-9-6-7-10(12(2,3)14)8-11(9)13(4,5)15/h6-8H,15H2,1-5H3. The maximum absolute atomic E-state index is 13.8. The van der Waals surface area contributed by atoms with E-state index in [9.17, 15) is 4.39 Å². The quantitative estimate of drug-likeness (QED) is 0.793. The number of aryl methyl sites for hydroxylation is 1. The molecular formula is C13H20FN. The predicted octanol–water partition coefficient (Wildman–Crippen LogP) is 3.39. The third-order valence-corrected chi connectivity index (χ3v) is 2.62. The van der Waals surface area contributed by atoms with Crippen LogP contribution in [-0.2, 0) is 11.2 Å². The van der Waals surface area contributed by atoms with Crippen LogP contribution in [0.2, 0.25) is 0 Å². The zero-order valence-electron chi connectivity index (χ0n) is 10.2. The van der Waals surface area contributed by atoms with E-state index in [2.05, 4.69) is 0 Å². The summed E-state index contributed by atoms with van der Waals surface area (Å²) in [5, 5.41) is 0. The van der Waals surface area contributed by atoms with Gasteiger partial charge in [0.1, 0.15) is 5.67 Å². The third-order valence-electron chi connectivity index (χ3n) is 2.62. The van der Waals surface area contributed by atoms with E-state index in [-0.39, 0.29) is 0 Å². The molecule has 1 nitrogen and oxygen atoms in total. The summed E-state index contributed by atoms with van der Waals surface area (Å²) in [5.74, 6) is 0. The van der Waals surface area contributed by atoms with Gasteiger partial charge < -0.3 is 5.73 Å². The van der Waals surface area contributed by atoms with Gasteiger partial charge in [-0.15, -0.1) is 0 Å². The Hall–Kier alpha value is -0.890. The first kappa shape index (κ1) is 12.2. The van der Waals surface area contributed by atoms with Crippen LogP contribution in [0.5, 0.6) is 0 Å². The lowest BCUT2D eigenvalue weighted by Gasteiger charge is -2.24. The van der Waals surface area contributed by atoms with Crippen molar-refractivity contribution in [3.63, 3.8) is 0 Å². The van der Waals surface area contributed by atoms with Gasteiger partial charge in [0.05, 0.1) is 0 Å². The van der Waals surface area contributed by atoms with Crippen LogP contribution in [0.15, 0.2) is 18.2 Å². The molecule has 0 spiro atoms. The van der Waals surface area contributed by atoms with Gasteiger partial charge in [-0.05, 0) is 51.3 Å². The summed E-state index contributed by atoms with van der Waals surface area (Å²) < 4.78 is 13.8. The Morgan fingerprint density at radius 3 is 2.07 bits per heavy atom. The maximum Gasteiger partial charge on any atom is 0.130 e. The zero-order valence-corrected chi connectivity index (χ0v) is 10.2. The van der Waals surface area contributed by atoms with Crippen LogP contribution >= 0.6 is 0 Å². The normalized spacial score (nSPS) is 13.0. The van der Waals surface area contributed by atoms with Gasteiger partial charge in [-0.2, -0.15) is 0 Å². The first-order chi connectivity index (χ1) is 6.62. The lowest BCUT2D eigenvalue weighted by Crippen LogP contribution is -2.30. The second-order valence-corrected chi connectivity index (χ2v) is 5.22. The van der Waals surface area contributed by atoms with Crippen molar-refractivity contribution in [1.29, 1.82) is 0 Å². The summed E-state index contributed by atoms with van der Waals surface area (Å²) >= 11 is 0. The Labute approximate surface area is 91.5 Å². The lowest BCUT2D eigenvalue weighted by molar-refractivity contribution is 0.221. The minimum atomic E-state index is -1.31. The van der Waals surface area contributed by atoms with E-state index in [4.69, 9.17) is 5.73 Å². The van der Waals surface area contributed by atoms with E-state index < -0.39 is 11.2 Å². The van der Waals surface area contributed by atoms with Crippen LogP contribution < -0.4 is 5.73 Å². The summed E-state index contributed by atoms with van der Waals surface area (Å²) in [6.45, 7) is 8.99. The van der Waals surface area contributed by atoms with Crippen LogP contribution in [-0.4, -0.2) is 0 Å². The summed E-state index contributed by atoms with van der Waals surface area (Å²) in [6, 6.07) is 5.63. The van der Waals surface area contributed by atoms with Gasteiger partial charge in [-0.3, -0.25) is 0 Å². The van der Waals surface area contributed by atoms with Crippen LogP contribution in [0.1, 0.15) is 44.4 Å². The van der Waals surface area contributed by atoms with Crippen molar-refractivity contribution in [2.75, 3.05) is 0 Å². The molecule has 84 valence electrons. The van der Waals surface area contributed by atoms with Gasteiger partial charge in [0, 0.05) is 5.54 Å². The first-order valence-corrected chi connectivity index (χ1v) is 5.22. The van der Waals surface area contributed by atoms with Crippen molar-refractivity contribution in [2.45, 2.75) is 45.8 Å². The van der Waals surface area contributed by atoms with Crippen LogP contribution in [0.25, 0.3) is 0 Å². The Kier molecular flexibility index (Phi) is 2.92. The van der Waals surface area contributed by atoms with E-state index in [1.807, 2.05) is 39.0 Å². The van der Waals surface area contributed by atoms with Crippen molar-refractivity contribution in [1.82, 2.24) is 0 Å². The molecule has 0 unspecified atom stereocenters. The van der Waals surface area contributed by atoms with Crippen molar-refractivity contribution in [3.8, 4) is 0 Å². The van der Waals surface area contributed by atoms with Gasteiger partial charge in [-0.1, -0.05) is 18.2 Å². The van der Waals surface area contributed by atoms with Gasteiger partial charge in [0.25, 0.3) is 0 Å². The van der Waals surface area contributed by atoms with Crippen molar-refractivity contribution in [2.24, 2.45) is 5.73 Å². The van der Waals surface area contributed by atoms with E-state index in [1.54, 1.807) is 13.8 Å². The van der Waals surface area contributed by atoms with Gasteiger partial charge in [-0.25, -0.2) is 4.39 Å². The predicted molar refractivity (Wildman–Crippen MR) is 62.5 cm³/mol. The number of hydrogen-bond acceptors (Lipinski definition) is 1. The molecule has 0 aliphatic rings. The average Bonchev–Trinajstić information content (AvgIpc) is 2.00. The van der Waals surface area contributed by atoms with E-state index >= 15 is 0 Å². The van der Waals surface area contributed by atoms with Gasteiger partial charge in [0.2, 0.25) is 0 Å². The first-order valence-electron chi connectivity index (χ1n) is 5.22. The molecule has 15 heavy (non-hydrogen) atoms. The van der Waals surface area contributed by atoms with Crippen LogP contribution in [0.4, 0.5) is 4.39 Å². The molecule has 0 radical (unpaired) electrons. The van der Waals surface area contributed by atoms with E-state index in [1.165, 1.54) is 0 Å². The van der Waals surface area contributed by atoms with Crippen LogP contribution in [0, 0.1) is 6.92 Å². The summed E-state index contributed by atoms with van der Waals surface area (Å²) in [6.07, 6.45) is 0. The highest BCUT2D eigenvalue weighted by Crippen LogP contribution is 2.29. The molecule has 0 heterocycles.